The first kappa shape index (κ1) is 11.6. The van der Waals surface area contributed by atoms with E-state index >= 15 is 0 Å². The van der Waals surface area contributed by atoms with Gasteiger partial charge >= 0.3 is 15.6 Å². The van der Waals surface area contributed by atoms with E-state index in [1.54, 1.807) is 0 Å². The van der Waals surface area contributed by atoms with Gasteiger partial charge in [0.2, 0.25) is 0 Å². The predicted octanol–water partition coefficient (Wildman–Crippen LogP) is 1.50. The van der Waals surface area contributed by atoms with Crippen LogP contribution in [0.2, 0.25) is 0 Å². The molecule has 1 aromatic rings. The lowest BCUT2D eigenvalue weighted by Crippen LogP contribution is -2.28. The summed E-state index contributed by atoms with van der Waals surface area (Å²) in [5.41, 5.74) is -0.115. The standard InChI is InChI=1S/C7H6F3NO3S/c8-7(9,10)15(12,13)14-6-3-1-2-5(11)4-6/h1-4H,11H2. The Kier molecular flexibility index (Phi) is 2.80. The van der Waals surface area contributed by atoms with Gasteiger partial charge in [0.25, 0.3) is 0 Å². The van der Waals surface area contributed by atoms with Crippen molar-refractivity contribution in [1.29, 1.82) is 0 Å². The summed E-state index contributed by atoms with van der Waals surface area (Å²) in [5, 5.41) is 0. The molecule has 0 bridgehead atoms. The molecule has 0 fully saturated rings. The number of hydrogen-bond donors (Lipinski definition) is 1. The van der Waals surface area contributed by atoms with Crippen LogP contribution in [0.1, 0.15) is 0 Å². The van der Waals surface area contributed by atoms with E-state index in [0.717, 1.165) is 12.1 Å². The summed E-state index contributed by atoms with van der Waals surface area (Å²) >= 11 is 0. The Morgan fingerprint density at radius 3 is 2.33 bits per heavy atom. The molecular weight excluding hydrogens is 235 g/mol. The van der Waals surface area contributed by atoms with E-state index in [1.165, 1.54) is 12.1 Å². The molecule has 0 unspecified atom stereocenters. The Bertz CT molecular complexity index is 455. The van der Waals surface area contributed by atoms with E-state index in [-0.39, 0.29) is 5.69 Å². The highest BCUT2D eigenvalue weighted by atomic mass is 32.2. The Balaban J connectivity index is 2.98. The van der Waals surface area contributed by atoms with Crippen LogP contribution in [0.5, 0.6) is 5.75 Å². The Labute approximate surface area is 83.6 Å². The smallest absolute Gasteiger partial charge is 0.399 e. The van der Waals surface area contributed by atoms with E-state index in [0.29, 0.717) is 0 Å². The fourth-order valence-corrected chi connectivity index (χ4v) is 1.19. The molecule has 1 rings (SSSR count). The van der Waals surface area contributed by atoms with E-state index in [9.17, 15) is 21.6 Å². The average molecular weight is 241 g/mol. The Hall–Kier alpha value is -1.44. The van der Waals surface area contributed by atoms with Gasteiger partial charge in [0.05, 0.1) is 0 Å². The Morgan fingerprint density at radius 2 is 1.87 bits per heavy atom. The zero-order valence-electron chi connectivity index (χ0n) is 7.15. The van der Waals surface area contributed by atoms with Crippen molar-refractivity contribution >= 4 is 15.8 Å². The second-order valence-corrected chi connectivity index (χ2v) is 4.09. The van der Waals surface area contributed by atoms with E-state index in [4.69, 9.17) is 5.73 Å². The number of nitrogen functional groups attached to an aromatic ring is 1. The summed E-state index contributed by atoms with van der Waals surface area (Å²) in [4.78, 5) is 0. The highest BCUT2D eigenvalue weighted by Gasteiger charge is 2.48. The Morgan fingerprint density at radius 1 is 1.27 bits per heavy atom. The number of nitrogens with two attached hydrogens (primary N) is 1. The molecule has 0 heterocycles. The van der Waals surface area contributed by atoms with Crippen LogP contribution < -0.4 is 9.92 Å². The van der Waals surface area contributed by atoms with Crippen molar-refractivity contribution in [2.24, 2.45) is 0 Å². The molecule has 0 aliphatic rings. The minimum atomic E-state index is -5.62. The minimum absolute atomic E-state index is 0.102. The van der Waals surface area contributed by atoms with Gasteiger partial charge in [0.15, 0.2) is 0 Å². The fourth-order valence-electron chi connectivity index (χ4n) is 0.740. The molecular formula is C7H6F3NO3S. The molecule has 0 amide bonds. The van der Waals surface area contributed by atoms with Crippen LogP contribution in [0.3, 0.4) is 0 Å². The van der Waals surface area contributed by atoms with Crippen LogP contribution in [-0.2, 0) is 10.1 Å². The molecule has 0 saturated carbocycles. The van der Waals surface area contributed by atoms with Crippen LogP contribution in [-0.4, -0.2) is 13.9 Å². The number of alkyl halides is 3. The lowest BCUT2D eigenvalue weighted by Gasteiger charge is -2.09. The average Bonchev–Trinajstić information content (AvgIpc) is 2.00. The van der Waals surface area contributed by atoms with Crippen molar-refractivity contribution < 1.29 is 25.8 Å². The summed E-state index contributed by atoms with van der Waals surface area (Å²) in [7, 11) is -5.62. The van der Waals surface area contributed by atoms with Gasteiger partial charge in [0, 0.05) is 11.8 Å². The number of rotatable bonds is 2. The molecule has 0 aliphatic heterocycles. The van der Waals surface area contributed by atoms with Crippen molar-refractivity contribution in [3.63, 3.8) is 0 Å². The zero-order valence-corrected chi connectivity index (χ0v) is 7.97. The van der Waals surface area contributed by atoms with Gasteiger partial charge in [0.1, 0.15) is 5.75 Å². The fraction of sp³-hybridized carbons (Fsp3) is 0.143. The van der Waals surface area contributed by atoms with Gasteiger partial charge in [-0.2, -0.15) is 21.6 Å². The minimum Gasteiger partial charge on any atom is -0.399 e. The lowest BCUT2D eigenvalue weighted by atomic mass is 10.3. The maximum absolute atomic E-state index is 11.9. The summed E-state index contributed by atoms with van der Waals surface area (Å²) in [6, 6.07) is 4.69. The third kappa shape index (κ3) is 2.75. The topological polar surface area (TPSA) is 69.4 Å². The van der Waals surface area contributed by atoms with Crippen molar-refractivity contribution in [3.05, 3.63) is 24.3 Å². The molecule has 1 aromatic carbocycles. The number of anilines is 1. The third-order valence-corrected chi connectivity index (χ3v) is 2.33. The molecule has 4 nitrogen and oxygen atoms in total. The SMILES string of the molecule is Nc1cccc(OS(=O)(=O)C(F)(F)F)c1. The summed E-state index contributed by atoms with van der Waals surface area (Å²) in [5.74, 6) is -0.479. The van der Waals surface area contributed by atoms with Gasteiger partial charge < -0.3 is 9.92 Å². The highest BCUT2D eigenvalue weighted by molar-refractivity contribution is 7.87. The molecule has 0 aromatic heterocycles. The molecule has 0 atom stereocenters. The maximum Gasteiger partial charge on any atom is 0.534 e. The summed E-state index contributed by atoms with van der Waals surface area (Å²) in [6.45, 7) is 0. The highest BCUT2D eigenvalue weighted by Crippen LogP contribution is 2.27. The first-order chi connectivity index (χ1) is 6.72. The zero-order chi connectivity index (χ0) is 11.7. The molecule has 0 aliphatic carbocycles. The van der Waals surface area contributed by atoms with E-state index in [1.807, 2.05) is 0 Å². The molecule has 0 saturated heterocycles. The normalized spacial score (nSPS) is 12.5. The van der Waals surface area contributed by atoms with Gasteiger partial charge in [-0.15, -0.1) is 0 Å². The van der Waals surface area contributed by atoms with Crippen molar-refractivity contribution in [2.45, 2.75) is 5.51 Å². The van der Waals surface area contributed by atoms with Crippen LogP contribution in [0.4, 0.5) is 18.9 Å². The van der Waals surface area contributed by atoms with Crippen molar-refractivity contribution in [2.75, 3.05) is 5.73 Å². The number of benzene rings is 1. The second kappa shape index (κ2) is 3.61. The monoisotopic (exact) mass is 241 g/mol. The summed E-state index contributed by atoms with van der Waals surface area (Å²) in [6.07, 6.45) is 0. The van der Waals surface area contributed by atoms with Crippen LogP contribution in [0.25, 0.3) is 0 Å². The van der Waals surface area contributed by atoms with Crippen molar-refractivity contribution in [1.82, 2.24) is 0 Å². The lowest BCUT2D eigenvalue weighted by molar-refractivity contribution is -0.0500. The van der Waals surface area contributed by atoms with Gasteiger partial charge in [-0.05, 0) is 12.1 Å². The second-order valence-electron chi connectivity index (χ2n) is 2.56. The van der Waals surface area contributed by atoms with Crippen LogP contribution in [0.15, 0.2) is 24.3 Å². The van der Waals surface area contributed by atoms with E-state index in [2.05, 4.69) is 4.18 Å². The largest absolute Gasteiger partial charge is 0.534 e. The molecule has 84 valence electrons. The molecule has 0 spiro atoms. The van der Waals surface area contributed by atoms with Gasteiger partial charge in [-0.3, -0.25) is 0 Å². The van der Waals surface area contributed by atoms with Gasteiger partial charge in [-0.1, -0.05) is 6.07 Å². The third-order valence-electron chi connectivity index (χ3n) is 1.35. The quantitative estimate of drug-likeness (QED) is 0.484. The van der Waals surface area contributed by atoms with E-state index < -0.39 is 21.4 Å². The summed E-state index contributed by atoms with van der Waals surface area (Å²) < 4.78 is 60.5. The number of hydrogen-bond acceptors (Lipinski definition) is 4. The maximum atomic E-state index is 11.9. The molecule has 2 N–H and O–H groups in total. The van der Waals surface area contributed by atoms with Crippen molar-refractivity contribution in [3.8, 4) is 5.75 Å². The first-order valence-electron chi connectivity index (χ1n) is 3.59. The van der Waals surface area contributed by atoms with Gasteiger partial charge in [-0.25, -0.2) is 0 Å². The van der Waals surface area contributed by atoms with Crippen LogP contribution >= 0.6 is 0 Å². The van der Waals surface area contributed by atoms with Crippen LogP contribution in [0, 0.1) is 0 Å². The molecule has 0 radical (unpaired) electrons. The predicted molar refractivity (Wildman–Crippen MR) is 46.5 cm³/mol. The number of halogens is 3. The molecule has 8 heteroatoms. The first-order valence-corrected chi connectivity index (χ1v) is 4.99. The molecule has 15 heavy (non-hydrogen) atoms.